The van der Waals surface area contributed by atoms with Crippen molar-refractivity contribution in [1.29, 1.82) is 0 Å². The molecule has 1 aromatic carbocycles. The molecule has 0 aliphatic carbocycles. The molecule has 0 saturated heterocycles. The van der Waals surface area contributed by atoms with Gasteiger partial charge in [-0.15, -0.1) is 0 Å². The second-order valence-electron chi connectivity index (χ2n) is 5.19. The predicted octanol–water partition coefficient (Wildman–Crippen LogP) is 3.81. The minimum Gasteiger partial charge on any atom is -0.355 e. The van der Waals surface area contributed by atoms with Gasteiger partial charge in [-0.2, -0.15) is 0 Å². The zero-order chi connectivity index (χ0) is 13.6. The van der Waals surface area contributed by atoms with Crippen LogP contribution in [-0.4, -0.2) is 17.8 Å². The third-order valence-corrected chi connectivity index (χ3v) is 3.42. The normalized spacial score (nSPS) is 11.3. The average Bonchev–Trinajstić information content (AvgIpc) is 2.26. The second kappa shape index (κ2) is 7.15. The van der Waals surface area contributed by atoms with Crippen LogP contribution in [0.2, 0.25) is 5.02 Å². The fraction of sp³-hybridized carbons (Fsp3) is 0.500. The molecular weight excluding hydrogens is 314 g/mol. The van der Waals surface area contributed by atoms with Gasteiger partial charge in [-0.3, -0.25) is 4.79 Å². The Morgan fingerprint density at radius 1 is 1.44 bits per heavy atom. The van der Waals surface area contributed by atoms with Crippen molar-refractivity contribution in [3.63, 3.8) is 0 Å². The number of carbonyl (C=O) groups is 1. The summed E-state index contributed by atoms with van der Waals surface area (Å²) < 4.78 is 0. The Balaban J connectivity index is 2.43. The number of hydrogen-bond donors (Lipinski definition) is 1. The quantitative estimate of drug-likeness (QED) is 0.789. The highest BCUT2D eigenvalue weighted by Crippen LogP contribution is 2.20. The van der Waals surface area contributed by atoms with E-state index in [1.165, 1.54) is 0 Å². The van der Waals surface area contributed by atoms with Crippen LogP contribution in [0.15, 0.2) is 24.3 Å². The Morgan fingerprint density at radius 3 is 2.78 bits per heavy atom. The summed E-state index contributed by atoms with van der Waals surface area (Å²) in [5.41, 5.74) is 1.06. The molecule has 1 rings (SSSR count). The van der Waals surface area contributed by atoms with Crippen molar-refractivity contribution < 1.29 is 4.79 Å². The number of rotatable bonds is 6. The van der Waals surface area contributed by atoms with Gasteiger partial charge >= 0.3 is 0 Å². The van der Waals surface area contributed by atoms with Crippen LogP contribution < -0.4 is 5.32 Å². The summed E-state index contributed by atoms with van der Waals surface area (Å²) in [6.07, 6.45) is 1.41. The average molecular weight is 333 g/mol. The van der Waals surface area contributed by atoms with Crippen molar-refractivity contribution >= 4 is 33.4 Å². The number of benzene rings is 1. The zero-order valence-corrected chi connectivity index (χ0v) is 13.1. The van der Waals surface area contributed by atoms with Crippen molar-refractivity contribution in [2.24, 2.45) is 5.41 Å². The molecule has 0 saturated carbocycles. The van der Waals surface area contributed by atoms with Crippen molar-refractivity contribution in [3.05, 3.63) is 34.9 Å². The van der Waals surface area contributed by atoms with Gasteiger partial charge in [0, 0.05) is 16.9 Å². The van der Waals surface area contributed by atoms with Crippen LogP contribution in [0, 0.1) is 5.41 Å². The largest absolute Gasteiger partial charge is 0.355 e. The van der Waals surface area contributed by atoms with Gasteiger partial charge in [0.15, 0.2) is 0 Å². The molecule has 1 N–H and O–H groups in total. The minimum atomic E-state index is 0.0416. The second-order valence-corrected chi connectivity index (χ2v) is 6.42. The number of carbonyl (C=O) groups excluding carboxylic acids is 1. The van der Waals surface area contributed by atoms with Crippen molar-refractivity contribution in [1.82, 2.24) is 5.32 Å². The van der Waals surface area contributed by atoms with Gasteiger partial charge in [0.05, 0.1) is 6.42 Å². The Kier molecular flexibility index (Phi) is 6.16. The van der Waals surface area contributed by atoms with E-state index >= 15 is 0 Å². The van der Waals surface area contributed by atoms with E-state index in [9.17, 15) is 4.79 Å². The molecule has 0 heterocycles. The van der Waals surface area contributed by atoms with Crippen LogP contribution in [0.1, 0.15) is 25.8 Å². The van der Waals surface area contributed by atoms with Gasteiger partial charge < -0.3 is 5.32 Å². The van der Waals surface area contributed by atoms with Gasteiger partial charge in [0.25, 0.3) is 0 Å². The van der Waals surface area contributed by atoms with E-state index in [1.54, 1.807) is 0 Å². The molecule has 0 bridgehead atoms. The van der Waals surface area contributed by atoms with Gasteiger partial charge in [-0.25, -0.2) is 0 Å². The monoisotopic (exact) mass is 331 g/mol. The van der Waals surface area contributed by atoms with E-state index in [0.29, 0.717) is 18.0 Å². The van der Waals surface area contributed by atoms with E-state index in [2.05, 4.69) is 35.1 Å². The van der Waals surface area contributed by atoms with Gasteiger partial charge in [0.2, 0.25) is 5.91 Å². The third kappa shape index (κ3) is 5.87. The summed E-state index contributed by atoms with van der Waals surface area (Å²) >= 11 is 9.31. The van der Waals surface area contributed by atoms with Crippen LogP contribution in [0.25, 0.3) is 0 Å². The Bertz CT molecular complexity index is 407. The highest BCUT2D eigenvalue weighted by atomic mass is 79.9. The van der Waals surface area contributed by atoms with Crippen LogP contribution in [-0.2, 0) is 11.2 Å². The summed E-state index contributed by atoms with van der Waals surface area (Å²) in [6.45, 7) is 4.99. The first-order chi connectivity index (χ1) is 8.43. The van der Waals surface area contributed by atoms with Crippen LogP contribution in [0.5, 0.6) is 0 Å². The Hall–Kier alpha value is -0.540. The lowest BCUT2D eigenvalue weighted by atomic mass is 9.90. The lowest BCUT2D eigenvalue weighted by Crippen LogP contribution is -2.35. The molecule has 0 atom stereocenters. The third-order valence-electron chi connectivity index (χ3n) is 2.79. The summed E-state index contributed by atoms with van der Waals surface area (Å²) in [4.78, 5) is 11.8. The maximum atomic E-state index is 11.8. The SMILES string of the molecule is CC(C)(CCBr)CNC(=O)Cc1cccc(Cl)c1. The molecule has 0 spiro atoms. The van der Waals surface area contributed by atoms with Crippen molar-refractivity contribution in [2.75, 3.05) is 11.9 Å². The topological polar surface area (TPSA) is 29.1 Å². The van der Waals surface area contributed by atoms with E-state index in [1.807, 2.05) is 24.3 Å². The van der Waals surface area contributed by atoms with Gasteiger partial charge in [-0.1, -0.05) is 53.5 Å². The summed E-state index contributed by atoms with van der Waals surface area (Å²) in [7, 11) is 0. The minimum absolute atomic E-state index is 0.0416. The van der Waals surface area contributed by atoms with Gasteiger partial charge in [-0.05, 0) is 29.5 Å². The first kappa shape index (κ1) is 15.5. The molecule has 0 unspecified atom stereocenters. The molecule has 0 fully saturated rings. The smallest absolute Gasteiger partial charge is 0.224 e. The molecule has 0 aromatic heterocycles. The molecule has 4 heteroatoms. The maximum Gasteiger partial charge on any atom is 0.224 e. The Morgan fingerprint density at radius 2 is 2.17 bits per heavy atom. The highest BCUT2D eigenvalue weighted by Gasteiger charge is 2.17. The number of alkyl halides is 1. The number of hydrogen-bond acceptors (Lipinski definition) is 1. The molecule has 0 aliphatic rings. The van der Waals surface area contributed by atoms with Crippen LogP contribution in [0.3, 0.4) is 0 Å². The number of nitrogens with one attached hydrogen (secondary N) is 1. The first-order valence-electron chi connectivity index (χ1n) is 6.00. The van der Waals surface area contributed by atoms with Crippen LogP contribution in [0.4, 0.5) is 0 Å². The fourth-order valence-corrected chi connectivity index (χ4v) is 2.86. The van der Waals surface area contributed by atoms with E-state index in [0.717, 1.165) is 17.3 Å². The summed E-state index contributed by atoms with van der Waals surface area (Å²) in [5.74, 6) is 0.0416. The lowest BCUT2D eigenvalue weighted by molar-refractivity contribution is -0.120. The van der Waals surface area contributed by atoms with Gasteiger partial charge in [0.1, 0.15) is 0 Å². The van der Waals surface area contributed by atoms with E-state index in [4.69, 9.17) is 11.6 Å². The number of amides is 1. The number of halogens is 2. The standard InChI is InChI=1S/C14H19BrClNO/c1-14(2,6-7-15)10-17-13(18)9-11-4-3-5-12(16)8-11/h3-5,8H,6-7,9-10H2,1-2H3,(H,17,18). The van der Waals surface area contributed by atoms with Crippen molar-refractivity contribution in [2.45, 2.75) is 26.7 Å². The van der Waals surface area contributed by atoms with E-state index < -0.39 is 0 Å². The maximum absolute atomic E-state index is 11.8. The summed E-state index contributed by atoms with van der Waals surface area (Å²) in [5, 5.41) is 4.59. The summed E-state index contributed by atoms with van der Waals surface area (Å²) in [6, 6.07) is 7.40. The molecule has 1 aromatic rings. The molecular formula is C14H19BrClNO. The van der Waals surface area contributed by atoms with Crippen LogP contribution >= 0.6 is 27.5 Å². The molecule has 0 aliphatic heterocycles. The molecule has 100 valence electrons. The highest BCUT2D eigenvalue weighted by molar-refractivity contribution is 9.09. The molecule has 18 heavy (non-hydrogen) atoms. The molecule has 0 radical (unpaired) electrons. The Labute approximate surface area is 122 Å². The molecule has 1 amide bonds. The lowest BCUT2D eigenvalue weighted by Gasteiger charge is -2.23. The van der Waals surface area contributed by atoms with E-state index in [-0.39, 0.29) is 11.3 Å². The zero-order valence-electron chi connectivity index (χ0n) is 10.8. The first-order valence-corrected chi connectivity index (χ1v) is 7.50. The predicted molar refractivity (Wildman–Crippen MR) is 80.4 cm³/mol. The molecule has 2 nitrogen and oxygen atoms in total. The van der Waals surface area contributed by atoms with Crippen molar-refractivity contribution in [3.8, 4) is 0 Å². The fourth-order valence-electron chi connectivity index (χ4n) is 1.58.